The molecule has 0 fully saturated rings. The first-order valence-corrected chi connectivity index (χ1v) is 11.1. The van der Waals surface area contributed by atoms with Crippen molar-refractivity contribution in [1.82, 2.24) is 14.3 Å². The number of anilines is 1. The molecule has 0 saturated carbocycles. The van der Waals surface area contributed by atoms with Crippen molar-refractivity contribution in [2.24, 2.45) is 0 Å². The lowest BCUT2D eigenvalue weighted by Crippen LogP contribution is -2.22. The van der Waals surface area contributed by atoms with E-state index in [4.69, 9.17) is 0 Å². The summed E-state index contributed by atoms with van der Waals surface area (Å²) in [5.41, 5.74) is 1.60. The van der Waals surface area contributed by atoms with Gasteiger partial charge in [-0.15, -0.1) is 0 Å². The zero-order chi connectivity index (χ0) is 20.9. The minimum Gasteiger partial charge on any atom is -0.325 e. The molecule has 0 radical (unpaired) electrons. The standard InChI is InChI=1S/C18H24N4O4S2/c1-5-6-13-9-16(23)21-18(19-13)27-11-17(24)20-15-10-14(8-7-12(15)2)28(25,26)22(3)4/h7-10H,5-6,11H2,1-4H3,(H,20,24)(H,19,21,23). The summed E-state index contributed by atoms with van der Waals surface area (Å²) in [6, 6.07) is 6.04. The first kappa shape index (κ1) is 22.1. The molecule has 1 aromatic carbocycles. The zero-order valence-corrected chi connectivity index (χ0v) is 17.9. The molecule has 8 nitrogen and oxygen atoms in total. The molecule has 2 rings (SSSR count). The number of nitrogens with one attached hydrogen (secondary N) is 2. The summed E-state index contributed by atoms with van der Waals surface area (Å²) in [6.45, 7) is 3.78. The number of aromatic nitrogens is 2. The Hall–Kier alpha value is -2.17. The molecule has 0 aliphatic carbocycles. The SMILES string of the molecule is CCCc1cc(=O)[nH]c(SCC(=O)Nc2cc(S(=O)(=O)N(C)C)ccc2C)n1. The molecule has 2 aromatic rings. The van der Waals surface area contributed by atoms with E-state index in [1.165, 1.54) is 32.3 Å². The number of sulfonamides is 1. The summed E-state index contributed by atoms with van der Waals surface area (Å²) in [7, 11) is -0.697. The average molecular weight is 425 g/mol. The van der Waals surface area contributed by atoms with E-state index < -0.39 is 10.0 Å². The number of carbonyl (C=O) groups excluding carboxylic acids is 1. The molecule has 1 amide bonds. The Kier molecular flexibility index (Phi) is 7.39. The molecule has 1 heterocycles. The van der Waals surface area contributed by atoms with Crippen molar-refractivity contribution in [3.8, 4) is 0 Å². The highest BCUT2D eigenvalue weighted by molar-refractivity contribution is 7.99. The summed E-state index contributed by atoms with van der Waals surface area (Å²) in [5.74, 6) is -0.293. The second-order valence-corrected chi connectivity index (χ2v) is 9.51. The fraction of sp³-hybridized carbons (Fsp3) is 0.389. The monoisotopic (exact) mass is 424 g/mol. The smallest absolute Gasteiger partial charge is 0.251 e. The van der Waals surface area contributed by atoms with Crippen LogP contribution < -0.4 is 10.9 Å². The highest BCUT2D eigenvalue weighted by Crippen LogP contribution is 2.22. The van der Waals surface area contributed by atoms with Gasteiger partial charge in [0.2, 0.25) is 15.9 Å². The molecule has 0 aliphatic rings. The van der Waals surface area contributed by atoms with E-state index in [9.17, 15) is 18.0 Å². The van der Waals surface area contributed by atoms with Gasteiger partial charge in [0.15, 0.2) is 5.16 Å². The van der Waals surface area contributed by atoms with E-state index >= 15 is 0 Å². The van der Waals surface area contributed by atoms with Crippen molar-refractivity contribution in [2.75, 3.05) is 25.2 Å². The van der Waals surface area contributed by atoms with Gasteiger partial charge in [0, 0.05) is 31.5 Å². The lowest BCUT2D eigenvalue weighted by molar-refractivity contribution is -0.113. The predicted molar refractivity (Wildman–Crippen MR) is 110 cm³/mol. The molecule has 0 atom stereocenters. The van der Waals surface area contributed by atoms with Crippen LogP contribution in [0.5, 0.6) is 0 Å². The van der Waals surface area contributed by atoms with Crippen LogP contribution in [0.3, 0.4) is 0 Å². The van der Waals surface area contributed by atoms with Gasteiger partial charge in [-0.25, -0.2) is 17.7 Å². The molecule has 0 unspecified atom stereocenters. The topological polar surface area (TPSA) is 112 Å². The van der Waals surface area contributed by atoms with Crippen LogP contribution >= 0.6 is 11.8 Å². The van der Waals surface area contributed by atoms with E-state index in [2.05, 4.69) is 15.3 Å². The maximum Gasteiger partial charge on any atom is 0.251 e. The van der Waals surface area contributed by atoms with E-state index in [1.54, 1.807) is 13.0 Å². The van der Waals surface area contributed by atoms with Crippen LogP contribution in [0.1, 0.15) is 24.6 Å². The average Bonchev–Trinajstić information content (AvgIpc) is 2.61. The Morgan fingerprint density at radius 1 is 1.29 bits per heavy atom. The van der Waals surface area contributed by atoms with Crippen LogP contribution in [0, 0.1) is 6.92 Å². The van der Waals surface area contributed by atoms with Gasteiger partial charge in [-0.05, 0) is 31.0 Å². The number of hydrogen-bond donors (Lipinski definition) is 2. The van der Waals surface area contributed by atoms with E-state index in [-0.39, 0.29) is 22.1 Å². The van der Waals surface area contributed by atoms with Gasteiger partial charge in [0.25, 0.3) is 5.56 Å². The first-order chi connectivity index (χ1) is 13.1. The molecule has 0 aliphatic heterocycles. The molecule has 28 heavy (non-hydrogen) atoms. The second kappa shape index (κ2) is 9.35. The van der Waals surface area contributed by atoms with E-state index in [1.807, 2.05) is 6.92 Å². The number of nitrogens with zero attached hydrogens (tertiary/aromatic N) is 2. The van der Waals surface area contributed by atoms with E-state index in [0.29, 0.717) is 23.0 Å². The number of benzene rings is 1. The highest BCUT2D eigenvalue weighted by Gasteiger charge is 2.18. The number of thioether (sulfide) groups is 1. The normalized spacial score (nSPS) is 11.6. The van der Waals surface area contributed by atoms with Crippen LogP contribution in [0.15, 0.2) is 39.1 Å². The van der Waals surface area contributed by atoms with Gasteiger partial charge >= 0.3 is 0 Å². The molecule has 0 spiro atoms. The number of aromatic amines is 1. The van der Waals surface area contributed by atoms with Gasteiger partial charge in [-0.1, -0.05) is 31.2 Å². The number of hydrogen-bond acceptors (Lipinski definition) is 6. The van der Waals surface area contributed by atoms with Crippen molar-refractivity contribution in [2.45, 2.75) is 36.7 Å². The van der Waals surface area contributed by atoms with Gasteiger partial charge < -0.3 is 10.3 Å². The molecule has 2 N–H and O–H groups in total. The van der Waals surface area contributed by atoms with Crippen molar-refractivity contribution in [3.05, 3.63) is 45.9 Å². The zero-order valence-electron chi connectivity index (χ0n) is 16.3. The predicted octanol–water partition coefficient (Wildman–Crippen LogP) is 2.01. The lowest BCUT2D eigenvalue weighted by Gasteiger charge is -2.14. The number of carbonyl (C=O) groups is 1. The Balaban J connectivity index is 2.11. The van der Waals surface area contributed by atoms with Gasteiger partial charge in [0.05, 0.1) is 10.6 Å². The fourth-order valence-corrected chi connectivity index (χ4v) is 3.99. The molecule has 1 aromatic heterocycles. The highest BCUT2D eigenvalue weighted by atomic mass is 32.2. The molecule has 0 saturated heterocycles. The van der Waals surface area contributed by atoms with E-state index in [0.717, 1.165) is 28.1 Å². The van der Waals surface area contributed by atoms with Crippen molar-refractivity contribution in [3.63, 3.8) is 0 Å². The molecular formula is C18H24N4O4S2. The third kappa shape index (κ3) is 5.66. The summed E-state index contributed by atoms with van der Waals surface area (Å²) in [6.07, 6.45) is 1.56. The third-order valence-electron chi connectivity index (χ3n) is 3.88. The number of aryl methyl sites for hydroxylation is 2. The summed E-state index contributed by atoms with van der Waals surface area (Å²) in [4.78, 5) is 31.0. The lowest BCUT2D eigenvalue weighted by atomic mass is 10.2. The number of amides is 1. The van der Waals surface area contributed by atoms with Gasteiger partial charge in [0.1, 0.15) is 0 Å². The van der Waals surface area contributed by atoms with Gasteiger partial charge in [-0.2, -0.15) is 0 Å². The second-order valence-electron chi connectivity index (χ2n) is 6.39. The maximum atomic E-state index is 12.3. The van der Waals surface area contributed by atoms with Crippen LogP contribution in [0.25, 0.3) is 0 Å². The van der Waals surface area contributed by atoms with Gasteiger partial charge in [-0.3, -0.25) is 9.59 Å². The molecule has 10 heteroatoms. The Morgan fingerprint density at radius 2 is 2.00 bits per heavy atom. The Bertz CT molecular complexity index is 1020. The number of rotatable bonds is 8. The molecule has 152 valence electrons. The van der Waals surface area contributed by atoms with Crippen LogP contribution in [0.4, 0.5) is 5.69 Å². The van der Waals surface area contributed by atoms with Crippen LogP contribution in [-0.4, -0.2) is 48.4 Å². The fourth-order valence-electron chi connectivity index (χ4n) is 2.36. The quantitative estimate of drug-likeness (QED) is 0.495. The first-order valence-electron chi connectivity index (χ1n) is 8.69. The Morgan fingerprint density at radius 3 is 2.64 bits per heavy atom. The number of H-pyrrole nitrogens is 1. The molecular weight excluding hydrogens is 400 g/mol. The van der Waals surface area contributed by atoms with Crippen molar-refractivity contribution >= 4 is 33.4 Å². The minimum atomic E-state index is -3.60. The van der Waals surface area contributed by atoms with Crippen LogP contribution in [0.2, 0.25) is 0 Å². The summed E-state index contributed by atoms with van der Waals surface area (Å²) < 4.78 is 25.7. The largest absolute Gasteiger partial charge is 0.325 e. The van der Waals surface area contributed by atoms with Crippen molar-refractivity contribution < 1.29 is 13.2 Å². The third-order valence-corrected chi connectivity index (χ3v) is 6.57. The van der Waals surface area contributed by atoms with Crippen molar-refractivity contribution in [1.29, 1.82) is 0 Å². The van der Waals surface area contributed by atoms with Crippen LogP contribution in [-0.2, 0) is 21.2 Å². The summed E-state index contributed by atoms with van der Waals surface area (Å²) >= 11 is 1.12. The summed E-state index contributed by atoms with van der Waals surface area (Å²) in [5, 5.41) is 3.10. The minimum absolute atomic E-state index is 0.0304. The Labute approximate surface area is 168 Å². The molecule has 0 bridgehead atoms. The maximum absolute atomic E-state index is 12.3.